The van der Waals surface area contributed by atoms with Gasteiger partial charge in [0.2, 0.25) is 0 Å². The van der Waals surface area contributed by atoms with Crippen LogP contribution in [0.3, 0.4) is 0 Å². The first kappa shape index (κ1) is 19.5. The van der Waals surface area contributed by atoms with E-state index in [0.29, 0.717) is 23.0 Å². The molecule has 0 spiro atoms. The Morgan fingerprint density at radius 2 is 2.00 bits per heavy atom. The van der Waals surface area contributed by atoms with Gasteiger partial charge in [-0.25, -0.2) is 4.98 Å². The van der Waals surface area contributed by atoms with Crippen LogP contribution in [0.4, 0.5) is 11.4 Å². The first-order valence-electron chi connectivity index (χ1n) is 10.1. The summed E-state index contributed by atoms with van der Waals surface area (Å²) in [5.41, 5.74) is 4.62. The molecule has 5 rings (SSSR count). The fourth-order valence-corrected chi connectivity index (χ4v) is 4.04. The predicted molar refractivity (Wildman–Crippen MR) is 123 cm³/mol. The van der Waals surface area contributed by atoms with Crippen LogP contribution in [0.5, 0.6) is 5.75 Å². The summed E-state index contributed by atoms with van der Waals surface area (Å²) in [5.74, 6) is 1.42. The van der Waals surface area contributed by atoms with Crippen molar-refractivity contribution in [2.75, 3.05) is 17.2 Å². The molecule has 0 saturated carbocycles. The van der Waals surface area contributed by atoms with Gasteiger partial charge in [-0.1, -0.05) is 41.9 Å². The molecule has 1 aliphatic rings. The highest BCUT2D eigenvalue weighted by Crippen LogP contribution is 2.32. The minimum absolute atomic E-state index is 0.0439. The standard InChI is InChI=1S/C24H21ClN4O2/c1-15(26-18-8-10-22-20(12-18)27-23(30)14-31-22)24-28-19-11-17(25)7-9-21(19)29(24)13-16-5-3-2-4-6-16/h2-12,15,26H,13-14H2,1H3,(H,27,30)/t15-/m0/s1. The number of benzene rings is 3. The number of fused-ring (bicyclic) bond motifs is 2. The summed E-state index contributed by atoms with van der Waals surface area (Å²) >= 11 is 6.22. The van der Waals surface area contributed by atoms with Gasteiger partial charge in [0.25, 0.3) is 5.91 Å². The third-order valence-electron chi connectivity index (χ3n) is 5.31. The molecule has 2 N–H and O–H groups in total. The van der Waals surface area contributed by atoms with Crippen molar-refractivity contribution in [1.82, 2.24) is 9.55 Å². The predicted octanol–water partition coefficient (Wildman–Crippen LogP) is 5.24. The second-order valence-electron chi connectivity index (χ2n) is 7.59. The summed E-state index contributed by atoms with van der Waals surface area (Å²) in [6, 6.07) is 21.7. The lowest BCUT2D eigenvalue weighted by atomic mass is 10.2. The molecule has 6 nitrogen and oxygen atoms in total. The summed E-state index contributed by atoms with van der Waals surface area (Å²) in [6.07, 6.45) is 0. The van der Waals surface area contributed by atoms with Crippen LogP contribution in [0.2, 0.25) is 5.02 Å². The molecule has 1 aliphatic heterocycles. The minimum atomic E-state index is -0.153. The lowest BCUT2D eigenvalue weighted by molar-refractivity contribution is -0.118. The van der Waals surface area contributed by atoms with Gasteiger partial charge in [0.1, 0.15) is 11.6 Å². The van der Waals surface area contributed by atoms with E-state index in [1.165, 1.54) is 5.56 Å². The fraction of sp³-hybridized carbons (Fsp3) is 0.167. The Morgan fingerprint density at radius 3 is 2.84 bits per heavy atom. The van der Waals surface area contributed by atoms with Crippen molar-refractivity contribution in [2.24, 2.45) is 0 Å². The van der Waals surface area contributed by atoms with Crippen molar-refractivity contribution < 1.29 is 9.53 Å². The van der Waals surface area contributed by atoms with Crippen molar-refractivity contribution in [3.63, 3.8) is 0 Å². The number of hydrogen-bond acceptors (Lipinski definition) is 4. The van der Waals surface area contributed by atoms with Gasteiger partial charge >= 0.3 is 0 Å². The molecule has 2 heterocycles. The first-order chi connectivity index (χ1) is 15.1. The quantitative estimate of drug-likeness (QED) is 0.452. The summed E-state index contributed by atoms with van der Waals surface area (Å²) in [6.45, 7) is 2.81. The Kier molecular flexibility index (Phi) is 5.00. The van der Waals surface area contributed by atoms with Gasteiger partial charge in [-0.3, -0.25) is 4.79 Å². The van der Waals surface area contributed by atoms with E-state index >= 15 is 0 Å². The number of nitrogens with zero attached hydrogens (tertiary/aromatic N) is 2. The maximum Gasteiger partial charge on any atom is 0.262 e. The number of anilines is 2. The number of ether oxygens (including phenoxy) is 1. The van der Waals surface area contributed by atoms with E-state index < -0.39 is 0 Å². The van der Waals surface area contributed by atoms with Crippen molar-refractivity contribution in [1.29, 1.82) is 0 Å². The maximum atomic E-state index is 11.6. The van der Waals surface area contributed by atoms with E-state index in [-0.39, 0.29) is 18.6 Å². The molecule has 1 amide bonds. The number of hydrogen-bond donors (Lipinski definition) is 2. The van der Waals surface area contributed by atoms with Crippen LogP contribution in [0.15, 0.2) is 66.7 Å². The lowest BCUT2D eigenvalue weighted by Gasteiger charge is -2.21. The molecule has 0 bridgehead atoms. The van der Waals surface area contributed by atoms with Crippen molar-refractivity contribution in [3.8, 4) is 5.75 Å². The minimum Gasteiger partial charge on any atom is -0.482 e. The number of imidazole rings is 1. The average molecular weight is 433 g/mol. The van der Waals surface area contributed by atoms with E-state index in [2.05, 4.69) is 34.3 Å². The molecule has 4 aromatic rings. The van der Waals surface area contributed by atoms with Crippen LogP contribution in [0.25, 0.3) is 11.0 Å². The molecule has 156 valence electrons. The van der Waals surface area contributed by atoms with Crippen molar-refractivity contribution >= 4 is 39.9 Å². The van der Waals surface area contributed by atoms with Crippen LogP contribution in [-0.2, 0) is 11.3 Å². The van der Waals surface area contributed by atoms with Crippen LogP contribution < -0.4 is 15.4 Å². The highest BCUT2D eigenvalue weighted by atomic mass is 35.5. The normalized spacial score (nSPS) is 13.9. The van der Waals surface area contributed by atoms with E-state index in [1.807, 2.05) is 54.6 Å². The highest BCUT2D eigenvalue weighted by Gasteiger charge is 2.20. The van der Waals surface area contributed by atoms with E-state index in [1.54, 1.807) is 0 Å². The molecular weight excluding hydrogens is 412 g/mol. The number of halogens is 1. The number of nitrogens with one attached hydrogen (secondary N) is 2. The van der Waals surface area contributed by atoms with Gasteiger partial charge in [-0.05, 0) is 48.9 Å². The number of carbonyl (C=O) groups excluding carboxylic acids is 1. The average Bonchev–Trinajstić information content (AvgIpc) is 3.11. The summed E-state index contributed by atoms with van der Waals surface area (Å²) in [7, 11) is 0. The zero-order valence-electron chi connectivity index (χ0n) is 16.9. The van der Waals surface area contributed by atoms with E-state index in [4.69, 9.17) is 21.3 Å². The molecule has 31 heavy (non-hydrogen) atoms. The number of carbonyl (C=O) groups is 1. The summed E-state index contributed by atoms with van der Waals surface area (Å²) < 4.78 is 7.66. The van der Waals surface area contributed by atoms with Crippen LogP contribution in [0.1, 0.15) is 24.4 Å². The third kappa shape index (κ3) is 3.94. The molecule has 1 atom stereocenters. The van der Waals surface area contributed by atoms with Crippen LogP contribution >= 0.6 is 11.6 Å². The molecular formula is C24H21ClN4O2. The smallest absolute Gasteiger partial charge is 0.262 e. The molecule has 0 aliphatic carbocycles. The Labute approximate surface area is 184 Å². The monoisotopic (exact) mass is 432 g/mol. The SMILES string of the molecule is C[C@H](Nc1ccc2c(c1)NC(=O)CO2)c1nc2cc(Cl)ccc2n1Cc1ccccc1. The van der Waals surface area contributed by atoms with Gasteiger partial charge in [-0.2, -0.15) is 0 Å². The molecule has 0 saturated heterocycles. The zero-order chi connectivity index (χ0) is 21.4. The largest absolute Gasteiger partial charge is 0.482 e. The third-order valence-corrected chi connectivity index (χ3v) is 5.54. The van der Waals surface area contributed by atoms with Crippen molar-refractivity contribution in [2.45, 2.75) is 19.5 Å². The van der Waals surface area contributed by atoms with Crippen molar-refractivity contribution in [3.05, 3.63) is 83.1 Å². The Morgan fingerprint density at radius 1 is 1.16 bits per heavy atom. The molecule has 0 unspecified atom stereocenters. The summed E-state index contributed by atoms with van der Waals surface area (Å²) in [5, 5.41) is 7.01. The highest BCUT2D eigenvalue weighted by molar-refractivity contribution is 6.31. The number of rotatable bonds is 5. The maximum absolute atomic E-state index is 11.6. The first-order valence-corrected chi connectivity index (χ1v) is 10.5. The molecule has 3 aromatic carbocycles. The zero-order valence-corrected chi connectivity index (χ0v) is 17.7. The number of amides is 1. The van der Waals surface area contributed by atoms with Crippen LogP contribution in [-0.4, -0.2) is 22.1 Å². The lowest BCUT2D eigenvalue weighted by Crippen LogP contribution is -2.25. The van der Waals surface area contributed by atoms with Gasteiger partial charge in [-0.15, -0.1) is 0 Å². The Hall–Kier alpha value is -3.51. The summed E-state index contributed by atoms with van der Waals surface area (Å²) in [4.78, 5) is 16.5. The fourth-order valence-electron chi connectivity index (χ4n) is 3.87. The Balaban J connectivity index is 1.49. The van der Waals surface area contributed by atoms with Gasteiger partial charge in [0.05, 0.1) is 22.8 Å². The van der Waals surface area contributed by atoms with Gasteiger partial charge in [0.15, 0.2) is 6.61 Å². The van der Waals surface area contributed by atoms with E-state index in [9.17, 15) is 4.79 Å². The molecule has 0 radical (unpaired) electrons. The second kappa shape index (κ2) is 7.96. The van der Waals surface area contributed by atoms with Crippen LogP contribution in [0, 0.1) is 0 Å². The van der Waals surface area contributed by atoms with Gasteiger partial charge in [0, 0.05) is 17.3 Å². The molecule has 0 fully saturated rings. The topological polar surface area (TPSA) is 68.2 Å². The Bertz CT molecular complexity index is 1270. The van der Waals surface area contributed by atoms with E-state index in [0.717, 1.165) is 22.5 Å². The molecule has 1 aromatic heterocycles. The number of aromatic nitrogens is 2. The van der Waals surface area contributed by atoms with Gasteiger partial charge < -0.3 is 19.9 Å². The molecule has 7 heteroatoms. The second-order valence-corrected chi connectivity index (χ2v) is 8.03.